The number of para-hydroxylation sites is 1. The van der Waals surface area contributed by atoms with Crippen LogP contribution >= 0.6 is 0 Å². The maximum absolute atomic E-state index is 11.6. The summed E-state index contributed by atoms with van der Waals surface area (Å²) in [6, 6.07) is 6.00. The van der Waals surface area contributed by atoms with Crippen LogP contribution in [0.4, 0.5) is 0 Å². The van der Waals surface area contributed by atoms with Gasteiger partial charge in [0.2, 0.25) is 0 Å². The van der Waals surface area contributed by atoms with Crippen LogP contribution < -0.4 is 0 Å². The SMILES string of the molecule is Cc1cccc2nc(CC(C)(C(=O)O)C(C)C)n(C)c12. The number of fused-ring (bicyclic) bond motifs is 1. The molecule has 0 aliphatic rings. The van der Waals surface area contributed by atoms with Gasteiger partial charge in [-0.25, -0.2) is 4.98 Å². The van der Waals surface area contributed by atoms with Gasteiger partial charge in [0.1, 0.15) is 5.82 Å². The third kappa shape index (κ3) is 2.19. The number of carboxylic acid groups (broad SMARTS) is 1. The van der Waals surface area contributed by atoms with Gasteiger partial charge in [-0.2, -0.15) is 0 Å². The lowest BCUT2D eigenvalue weighted by Gasteiger charge is -2.28. The molecule has 4 nitrogen and oxygen atoms in total. The minimum atomic E-state index is -0.803. The first-order valence-corrected chi connectivity index (χ1v) is 6.91. The lowest BCUT2D eigenvalue weighted by atomic mass is 9.76. The molecule has 1 aromatic heterocycles. The fourth-order valence-electron chi connectivity index (χ4n) is 2.53. The van der Waals surface area contributed by atoms with Gasteiger partial charge < -0.3 is 9.67 Å². The standard InChI is InChI=1S/C16H22N2O2/c1-10(2)16(4,15(19)20)9-13-17-12-8-6-7-11(3)14(12)18(13)5/h6-8,10H,9H2,1-5H3,(H,19,20). The van der Waals surface area contributed by atoms with Crippen molar-refractivity contribution in [2.75, 3.05) is 0 Å². The van der Waals surface area contributed by atoms with Gasteiger partial charge in [-0.05, 0) is 31.4 Å². The lowest BCUT2D eigenvalue weighted by Crippen LogP contribution is -2.36. The normalized spacial score (nSPS) is 14.7. The second-order valence-corrected chi connectivity index (χ2v) is 6.08. The average Bonchev–Trinajstić information content (AvgIpc) is 2.67. The Kier molecular flexibility index (Phi) is 3.59. The fraction of sp³-hybridized carbons (Fsp3) is 0.500. The highest BCUT2D eigenvalue weighted by Crippen LogP contribution is 2.32. The van der Waals surface area contributed by atoms with E-state index in [-0.39, 0.29) is 5.92 Å². The lowest BCUT2D eigenvalue weighted by molar-refractivity contribution is -0.150. The van der Waals surface area contributed by atoms with Gasteiger partial charge >= 0.3 is 5.97 Å². The van der Waals surface area contributed by atoms with Crippen LogP contribution in [0.2, 0.25) is 0 Å². The molecule has 0 amide bonds. The Morgan fingerprint density at radius 2 is 2.10 bits per heavy atom. The van der Waals surface area contributed by atoms with E-state index in [2.05, 4.69) is 4.98 Å². The van der Waals surface area contributed by atoms with E-state index in [0.29, 0.717) is 6.42 Å². The summed E-state index contributed by atoms with van der Waals surface area (Å²) in [6.45, 7) is 7.74. The molecule has 1 heterocycles. The van der Waals surface area contributed by atoms with Crippen molar-refractivity contribution in [2.24, 2.45) is 18.4 Å². The number of carboxylic acids is 1. The summed E-state index contributed by atoms with van der Waals surface area (Å²) >= 11 is 0. The molecule has 2 rings (SSSR count). The van der Waals surface area contributed by atoms with Gasteiger partial charge in [-0.15, -0.1) is 0 Å². The molecule has 1 atom stereocenters. The Labute approximate surface area is 119 Å². The summed E-state index contributed by atoms with van der Waals surface area (Å²) < 4.78 is 2.02. The zero-order valence-corrected chi connectivity index (χ0v) is 12.8. The third-order valence-electron chi connectivity index (χ3n) is 4.48. The number of rotatable bonds is 4. The minimum Gasteiger partial charge on any atom is -0.481 e. The quantitative estimate of drug-likeness (QED) is 0.931. The largest absolute Gasteiger partial charge is 0.481 e. The number of nitrogens with zero attached hydrogens (tertiary/aromatic N) is 2. The second kappa shape index (κ2) is 4.93. The van der Waals surface area contributed by atoms with Crippen LogP contribution in [-0.2, 0) is 18.3 Å². The van der Waals surface area contributed by atoms with Gasteiger partial charge in [0, 0.05) is 13.5 Å². The van der Waals surface area contributed by atoms with Gasteiger partial charge in [0.15, 0.2) is 0 Å². The zero-order chi connectivity index (χ0) is 15.1. The Morgan fingerprint density at radius 3 is 2.60 bits per heavy atom. The third-order valence-corrected chi connectivity index (χ3v) is 4.48. The molecular weight excluding hydrogens is 252 g/mol. The predicted molar refractivity (Wildman–Crippen MR) is 79.7 cm³/mol. The van der Waals surface area contributed by atoms with E-state index in [1.807, 2.05) is 50.6 Å². The van der Waals surface area contributed by atoms with Crippen molar-refractivity contribution in [2.45, 2.75) is 34.1 Å². The predicted octanol–water partition coefficient (Wildman–Crippen LogP) is 3.17. The van der Waals surface area contributed by atoms with E-state index in [1.54, 1.807) is 6.92 Å². The van der Waals surface area contributed by atoms with E-state index in [4.69, 9.17) is 0 Å². The summed E-state index contributed by atoms with van der Waals surface area (Å²) in [5.74, 6) is 0.102. The monoisotopic (exact) mass is 274 g/mol. The molecule has 20 heavy (non-hydrogen) atoms. The molecule has 0 bridgehead atoms. The maximum Gasteiger partial charge on any atom is 0.310 e. The molecule has 1 unspecified atom stereocenters. The van der Waals surface area contributed by atoms with E-state index in [1.165, 1.54) is 0 Å². The molecule has 1 N–H and O–H groups in total. The number of hydrogen-bond acceptors (Lipinski definition) is 2. The molecule has 2 aromatic rings. The van der Waals surface area contributed by atoms with Crippen LogP contribution in [0.25, 0.3) is 11.0 Å². The summed E-state index contributed by atoms with van der Waals surface area (Å²) in [7, 11) is 1.96. The molecule has 0 saturated carbocycles. The maximum atomic E-state index is 11.6. The van der Waals surface area contributed by atoms with Gasteiger partial charge in [0.05, 0.1) is 16.4 Å². The molecule has 108 valence electrons. The van der Waals surface area contributed by atoms with Crippen molar-refractivity contribution in [3.63, 3.8) is 0 Å². The number of aryl methyl sites for hydroxylation is 2. The molecule has 0 aliphatic carbocycles. The Morgan fingerprint density at radius 1 is 1.45 bits per heavy atom. The van der Waals surface area contributed by atoms with Crippen molar-refractivity contribution in [3.8, 4) is 0 Å². The molecule has 0 radical (unpaired) electrons. The summed E-state index contributed by atoms with van der Waals surface area (Å²) in [5, 5.41) is 9.55. The first kappa shape index (κ1) is 14.6. The molecule has 0 saturated heterocycles. The highest BCUT2D eigenvalue weighted by atomic mass is 16.4. The number of aliphatic carboxylic acids is 1. The van der Waals surface area contributed by atoms with E-state index in [9.17, 15) is 9.90 Å². The Bertz CT molecular complexity index is 658. The highest BCUT2D eigenvalue weighted by Gasteiger charge is 2.38. The first-order valence-electron chi connectivity index (χ1n) is 6.91. The van der Waals surface area contributed by atoms with Crippen molar-refractivity contribution in [1.82, 2.24) is 9.55 Å². The fourth-order valence-corrected chi connectivity index (χ4v) is 2.53. The van der Waals surface area contributed by atoms with E-state index >= 15 is 0 Å². The summed E-state index contributed by atoms with van der Waals surface area (Å²) in [5.41, 5.74) is 2.37. The van der Waals surface area contributed by atoms with Crippen molar-refractivity contribution >= 4 is 17.0 Å². The van der Waals surface area contributed by atoms with E-state index < -0.39 is 11.4 Å². The smallest absolute Gasteiger partial charge is 0.310 e. The topological polar surface area (TPSA) is 55.1 Å². The Balaban J connectivity index is 2.52. The summed E-state index contributed by atoms with van der Waals surface area (Å²) in [6.07, 6.45) is 0.435. The molecule has 0 spiro atoms. The van der Waals surface area contributed by atoms with Crippen LogP contribution in [0.5, 0.6) is 0 Å². The van der Waals surface area contributed by atoms with Crippen LogP contribution in [0.1, 0.15) is 32.2 Å². The van der Waals surface area contributed by atoms with Crippen LogP contribution in [0, 0.1) is 18.3 Å². The average molecular weight is 274 g/mol. The molecule has 0 aliphatic heterocycles. The number of carbonyl (C=O) groups is 1. The molecular formula is C16H22N2O2. The van der Waals surface area contributed by atoms with Gasteiger partial charge in [-0.1, -0.05) is 26.0 Å². The van der Waals surface area contributed by atoms with Gasteiger partial charge in [-0.3, -0.25) is 4.79 Å². The van der Waals surface area contributed by atoms with Crippen LogP contribution in [0.3, 0.4) is 0 Å². The number of hydrogen-bond donors (Lipinski definition) is 1. The molecule has 1 aromatic carbocycles. The van der Waals surface area contributed by atoms with Crippen LogP contribution in [-0.4, -0.2) is 20.6 Å². The zero-order valence-electron chi connectivity index (χ0n) is 12.8. The van der Waals surface area contributed by atoms with Crippen molar-refractivity contribution in [3.05, 3.63) is 29.6 Å². The summed E-state index contributed by atoms with van der Waals surface area (Å²) in [4.78, 5) is 16.2. The van der Waals surface area contributed by atoms with Gasteiger partial charge in [0.25, 0.3) is 0 Å². The Hall–Kier alpha value is -1.84. The molecule has 0 fully saturated rings. The van der Waals surface area contributed by atoms with Crippen molar-refractivity contribution < 1.29 is 9.90 Å². The van der Waals surface area contributed by atoms with Crippen molar-refractivity contribution in [1.29, 1.82) is 0 Å². The number of aromatic nitrogens is 2. The number of benzene rings is 1. The van der Waals surface area contributed by atoms with E-state index in [0.717, 1.165) is 22.4 Å². The highest BCUT2D eigenvalue weighted by molar-refractivity contribution is 5.80. The second-order valence-electron chi connectivity index (χ2n) is 6.08. The van der Waals surface area contributed by atoms with Crippen LogP contribution in [0.15, 0.2) is 18.2 Å². The number of imidazole rings is 1. The minimum absolute atomic E-state index is 0.0425. The molecule has 4 heteroatoms. The first-order chi connectivity index (χ1) is 9.27.